The average molecular weight is 240 g/mol. The topological polar surface area (TPSA) is 46.3 Å². The molecular formula is C14H28N2O. The van der Waals surface area contributed by atoms with Crippen molar-refractivity contribution in [3.05, 3.63) is 0 Å². The fourth-order valence-corrected chi connectivity index (χ4v) is 2.65. The van der Waals surface area contributed by atoms with E-state index in [2.05, 4.69) is 18.7 Å². The van der Waals surface area contributed by atoms with Gasteiger partial charge in [-0.15, -0.1) is 0 Å². The van der Waals surface area contributed by atoms with Crippen LogP contribution in [0.4, 0.5) is 0 Å². The molecule has 1 heterocycles. The monoisotopic (exact) mass is 240 g/mol. The highest BCUT2D eigenvalue weighted by Crippen LogP contribution is 2.21. The van der Waals surface area contributed by atoms with E-state index in [1.54, 1.807) is 0 Å². The summed E-state index contributed by atoms with van der Waals surface area (Å²) < 4.78 is 0. The van der Waals surface area contributed by atoms with Gasteiger partial charge in [0, 0.05) is 25.0 Å². The van der Waals surface area contributed by atoms with E-state index in [0.717, 1.165) is 25.8 Å². The molecule has 0 aliphatic carbocycles. The second-order valence-electron chi connectivity index (χ2n) is 5.90. The maximum absolute atomic E-state index is 12.2. The standard InChI is InChI=1S/C14H28N2O/c1-11(2)9-14(17)16-8-6-4-5-7-13(16)10-12(3)15/h11-13H,4-10,15H2,1-3H3. The maximum atomic E-state index is 12.2. The third kappa shape index (κ3) is 5.07. The minimum Gasteiger partial charge on any atom is -0.340 e. The Kier molecular flexibility index (Phi) is 5.96. The molecule has 2 N–H and O–H groups in total. The van der Waals surface area contributed by atoms with Crippen molar-refractivity contribution >= 4 is 5.91 Å². The number of carbonyl (C=O) groups excluding carboxylic acids is 1. The summed E-state index contributed by atoms with van der Waals surface area (Å²) in [5.41, 5.74) is 5.90. The van der Waals surface area contributed by atoms with Gasteiger partial charge >= 0.3 is 0 Å². The molecule has 0 saturated carbocycles. The quantitative estimate of drug-likeness (QED) is 0.821. The third-order valence-corrected chi connectivity index (χ3v) is 3.42. The van der Waals surface area contributed by atoms with E-state index in [9.17, 15) is 4.79 Å². The Morgan fingerprint density at radius 3 is 2.59 bits per heavy atom. The highest BCUT2D eigenvalue weighted by atomic mass is 16.2. The number of hydrogen-bond acceptors (Lipinski definition) is 2. The Morgan fingerprint density at radius 2 is 2.00 bits per heavy atom. The Hall–Kier alpha value is -0.570. The number of amides is 1. The number of nitrogens with two attached hydrogens (primary N) is 1. The van der Waals surface area contributed by atoms with Crippen LogP contribution in [-0.2, 0) is 4.79 Å². The van der Waals surface area contributed by atoms with Crippen LogP contribution in [0, 0.1) is 5.92 Å². The second kappa shape index (κ2) is 7.00. The lowest BCUT2D eigenvalue weighted by molar-refractivity contribution is -0.134. The second-order valence-corrected chi connectivity index (χ2v) is 5.90. The minimum atomic E-state index is 0.187. The van der Waals surface area contributed by atoms with Gasteiger partial charge in [-0.05, 0) is 32.1 Å². The van der Waals surface area contributed by atoms with Crippen molar-refractivity contribution in [1.29, 1.82) is 0 Å². The highest BCUT2D eigenvalue weighted by Gasteiger charge is 2.26. The van der Waals surface area contributed by atoms with Crippen molar-refractivity contribution in [2.75, 3.05) is 6.54 Å². The maximum Gasteiger partial charge on any atom is 0.223 e. The van der Waals surface area contributed by atoms with E-state index in [0.29, 0.717) is 24.3 Å². The van der Waals surface area contributed by atoms with Gasteiger partial charge in [0.25, 0.3) is 0 Å². The molecule has 17 heavy (non-hydrogen) atoms. The molecule has 1 fully saturated rings. The fourth-order valence-electron chi connectivity index (χ4n) is 2.65. The molecule has 0 aromatic rings. The Balaban J connectivity index is 2.63. The Labute approximate surface area is 106 Å². The SMILES string of the molecule is CC(C)CC(=O)N1CCCCCC1CC(C)N. The molecule has 0 aromatic carbocycles. The molecule has 3 nitrogen and oxygen atoms in total. The minimum absolute atomic E-state index is 0.187. The molecule has 100 valence electrons. The van der Waals surface area contributed by atoms with Crippen LogP contribution in [-0.4, -0.2) is 29.4 Å². The number of rotatable bonds is 4. The summed E-state index contributed by atoms with van der Waals surface area (Å²) in [5.74, 6) is 0.772. The van der Waals surface area contributed by atoms with Gasteiger partial charge in [0.05, 0.1) is 0 Å². The van der Waals surface area contributed by atoms with Crippen molar-refractivity contribution in [2.45, 2.75) is 71.4 Å². The first-order valence-electron chi connectivity index (χ1n) is 7.05. The first-order valence-corrected chi connectivity index (χ1v) is 7.05. The van der Waals surface area contributed by atoms with Crippen molar-refractivity contribution in [3.8, 4) is 0 Å². The van der Waals surface area contributed by atoms with Crippen LogP contribution >= 0.6 is 0 Å². The normalized spacial score (nSPS) is 23.6. The molecule has 3 heteroatoms. The molecule has 1 saturated heterocycles. The van der Waals surface area contributed by atoms with Crippen LogP contribution in [0.2, 0.25) is 0 Å². The molecule has 1 aliphatic heterocycles. The zero-order valence-electron chi connectivity index (χ0n) is 11.6. The zero-order valence-corrected chi connectivity index (χ0v) is 11.6. The van der Waals surface area contributed by atoms with Gasteiger partial charge in [0.2, 0.25) is 5.91 Å². The van der Waals surface area contributed by atoms with Gasteiger partial charge in [-0.1, -0.05) is 26.7 Å². The highest BCUT2D eigenvalue weighted by molar-refractivity contribution is 5.76. The van der Waals surface area contributed by atoms with E-state index in [4.69, 9.17) is 5.73 Å². The molecule has 1 rings (SSSR count). The van der Waals surface area contributed by atoms with E-state index in [1.807, 2.05) is 6.92 Å². The first kappa shape index (κ1) is 14.5. The zero-order chi connectivity index (χ0) is 12.8. The fraction of sp³-hybridized carbons (Fsp3) is 0.929. The first-order chi connectivity index (χ1) is 8.00. The van der Waals surface area contributed by atoms with Crippen molar-refractivity contribution in [2.24, 2.45) is 11.7 Å². The summed E-state index contributed by atoms with van der Waals surface area (Å²) in [4.78, 5) is 14.3. The van der Waals surface area contributed by atoms with E-state index >= 15 is 0 Å². The Morgan fingerprint density at radius 1 is 1.29 bits per heavy atom. The molecule has 2 atom stereocenters. The number of nitrogens with zero attached hydrogens (tertiary/aromatic N) is 1. The molecule has 0 radical (unpaired) electrons. The van der Waals surface area contributed by atoms with Crippen LogP contribution in [0.5, 0.6) is 0 Å². The van der Waals surface area contributed by atoms with Crippen molar-refractivity contribution in [3.63, 3.8) is 0 Å². The lowest BCUT2D eigenvalue weighted by atomic mass is 10.0. The van der Waals surface area contributed by atoms with E-state index in [1.165, 1.54) is 12.8 Å². The molecule has 1 aliphatic rings. The van der Waals surface area contributed by atoms with Gasteiger partial charge in [0.15, 0.2) is 0 Å². The molecule has 0 spiro atoms. The van der Waals surface area contributed by atoms with Crippen molar-refractivity contribution in [1.82, 2.24) is 4.90 Å². The van der Waals surface area contributed by atoms with E-state index < -0.39 is 0 Å². The number of carbonyl (C=O) groups is 1. The Bertz CT molecular complexity index is 238. The van der Waals surface area contributed by atoms with Crippen LogP contribution in [0.1, 0.15) is 59.3 Å². The summed E-state index contributed by atoms with van der Waals surface area (Å²) in [6.07, 6.45) is 6.40. The lowest BCUT2D eigenvalue weighted by Gasteiger charge is -2.32. The number of likely N-dealkylation sites (tertiary alicyclic amines) is 1. The third-order valence-electron chi connectivity index (χ3n) is 3.42. The predicted molar refractivity (Wildman–Crippen MR) is 71.7 cm³/mol. The van der Waals surface area contributed by atoms with Crippen molar-refractivity contribution < 1.29 is 4.79 Å². The number of hydrogen-bond donors (Lipinski definition) is 1. The van der Waals surface area contributed by atoms with Gasteiger partial charge in [0.1, 0.15) is 0 Å². The molecule has 0 aromatic heterocycles. The molecule has 2 unspecified atom stereocenters. The molecular weight excluding hydrogens is 212 g/mol. The largest absolute Gasteiger partial charge is 0.340 e. The summed E-state index contributed by atoms with van der Waals surface area (Å²) in [7, 11) is 0. The summed E-state index contributed by atoms with van der Waals surface area (Å²) in [6.45, 7) is 7.19. The van der Waals surface area contributed by atoms with Crippen LogP contribution < -0.4 is 5.73 Å². The summed E-state index contributed by atoms with van der Waals surface area (Å²) >= 11 is 0. The van der Waals surface area contributed by atoms with E-state index in [-0.39, 0.29) is 6.04 Å². The van der Waals surface area contributed by atoms with Crippen LogP contribution in [0.3, 0.4) is 0 Å². The smallest absolute Gasteiger partial charge is 0.223 e. The predicted octanol–water partition coefficient (Wildman–Crippen LogP) is 2.54. The lowest BCUT2D eigenvalue weighted by Crippen LogP contribution is -2.43. The van der Waals surface area contributed by atoms with Gasteiger partial charge in [-0.25, -0.2) is 0 Å². The summed E-state index contributed by atoms with van der Waals surface area (Å²) in [5, 5.41) is 0. The molecule has 1 amide bonds. The van der Waals surface area contributed by atoms with Gasteiger partial charge in [-0.3, -0.25) is 4.79 Å². The molecule has 0 bridgehead atoms. The van der Waals surface area contributed by atoms with Gasteiger partial charge in [-0.2, -0.15) is 0 Å². The summed E-state index contributed by atoms with van der Waals surface area (Å²) in [6, 6.07) is 0.566. The van der Waals surface area contributed by atoms with Crippen LogP contribution in [0.25, 0.3) is 0 Å². The van der Waals surface area contributed by atoms with Crippen LogP contribution in [0.15, 0.2) is 0 Å². The van der Waals surface area contributed by atoms with Gasteiger partial charge < -0.3 is 10.6 Å². The average Bonchev–Trinajstić information content (AvgIpc) is 2.41.